The van der Waals surface area contributed by atoms with Crippen LogP contribution in [0.25, 0.3) is 0 Å². The van der Waals surface area contributed by atoms with Crippen molar-refractivity contribution in [2.24, 2.45) is 10.7 Å². The van der Waals surface area contributed by atoms with E-state index in [4.69, 9.17) is 10.5 Å². The van der Waals surface area contributed by atoms with E-state index >= 15 is 0 Å². The number of hydrogen-bond donors (Lipinski definition) is 2. The van der Waals surface area contributed by atoms with E-state index in [0.717, 1.165) is 22.9 Å². The number of aryl methyl sites for hydroxylation is 1. The first-order chi connectivity index (χ1) is 11.7. The second-order valence-electron chi connectivity index (χ2n) is 5.20. The van der Waals surface area contributed by atoms with Crippen molar-refractivity contribution in [2.75, 3.05) is 5.32 Å². The number of nitrogens with two attached hydrogens (primary N) is 1. The van der Waals surface area contributed by atoms with Crippen LogP contribution in [-0.2, 0) is 0 Å². The molecule has 0 aliphatic rings. The van der Waals surface area contributed by atoms with Gasteiger partial charge in [-0.25, -0.2) is 4.98 Å². The summed E-state index contributed by atoms with van der Waals surface area (Å²) in [6.07, 6.45) is 0. The molecule has 0 bridgehead atoms. The van der Waals surface area contributed by atoms with Crippen LogP contribution >= 0.6 is 0 Å². The standard InChI is InChI=1S/C19H18N4O/c1-14-6-5-9-18(21-14)23-19(20)22-15-10-12-17(13-11-15)24-16-7-3-2-4-8-16/h2-13H,1H3,(H3,20,21,22,23). The Kier molecular flexibility index (Phi) is 4.72. The molecule has 5 heteroatoms. The van der Waals surface area contributed by atoms with Crippen LogP contribution in [0.3, 0.4) is 0 Å². The summed E-state index contributed by atoms with van der Waals surface area (Å²) in [5.74, 6) is 2.40. The predicted octanol–water partition coefficient (Wildman–Crippen LogP) is 4.24. The molecule has 0 aliphatic heterocycles. The predicted molar refractivity (Wildman–Crippen MR) is 96.8 cm³/mol. The molecule has 3 rings (SSSR count). The number of ether oxygens (including phenoxy) is 1. The normalized spacial score (nSPS) is 11.1. The first-order valence-electron chi connectivity index (χ1n) is 7.57. The highest BCUT2D eigenvalue weighted by molar-refractivity contribution is 5.93. The molecule has 120 valence electrons. The molecule has 0 amide bonds. The third-order valence-electron chi connectivity index (χ3n) is 3.21. The monoisotopic (exact) mass is 318 g/mol. The zero-order valence-electron chi connectivity index (χ0n) is 13.3. The van der Waals surface area contributed by atoms with Crippen molar-refractivity contribution in [1.82, 2.24) is 4.98 Å². The number of nitrogens with zero attached hydrogens (tertiary/aromatic N) is 2. The van der Waals surface area contributed by atoms with Crippen LogP contribution in [0.4, 0.5) is 11.5 Å². The highest BCUT2D eigenvalue weighted by Gasteiger charge is 2.00. The number of aliphatic imine (C=N–C) groups is 1. The van der Waals surface area contributed by atoms with Gasteiger partial charge in [0, 0.05) is 11.4 Å². The van der Waals surface area contributed by atoms with Gasteiger partial charge < -0.3 is 15.8 Å². The van der Waals surface area contributed by atoms with E-state index in [2.05, 4.69) is 15.3 Å². The molecule has 1 aromatic heterocycles. The number of nitrogens with one attached hydrogen (secondary N) is 1. The van der Waals surface area contributed by atoms with Crippen molar-refractivity contribution in [3.8, 4) is 11.5 Å². The molecule has 5 nitrogen and oxygen atoms in total. The number of aromatic nitrogens is 1. The molecule has 0 aliphatic carbocycles. The average Bonchev–Trinajstić information content (AvgIpc) is 2.57. The molecule has 2 aromatic carbocycles. The van der Waals surface area contributed by atoms with Gasteiger partial charge in [0.25, 0.3) is 0 Å². The summed E-state index contributed by atoms with van der Waals surface area (Å²) in [5, 5.41) is 3.03. The molecule has 0 fully saturated rings. The van der Waals surface area contributed by atoms with Crippen LogP contribution in [0.15, 0.2) is 77.8 Å². The fraction of sp³-hybridized carbons (Fsp3) is 0.0526. The lowest BCUT2D eigenvalue weighted by atomic mass is 10.3. The number of anilines is 1. The molecule has 0 unspecified atom stereocenters. The zero-order valence-corrected chi connectivity index (χ0v) is 13.3. The number of hydrogen-bond acceptors (Lipinski definition) is 3. The minimum Gasteiger partial charge on any atom is -0.457 e. The number of guanidine groups is 1. The van der Waals surface area contributed by atoms with E-state index in [0.29, 0.717) is 5.82 Å². The van der Waals surface area contributed by atoms with E-state index in [1.165, 1.54) is 0 Å². The van der Waals surface area contributed by atoms with Crippen LogP contribution < -0.4 is 15.8 Å². The maximum absolute atomic E-state index is 5.92. The first-order valence-corrected chi connectivity index (χ1v) is 7.57. The van der Waals surface area contributed by atoms with Crippen molar-refractivity contribution in [3.05, 3.63) is 78.5 Å². The summed E-state index contributed by atoms with van der Waals surface area (Å²) in [6.45, 7) is 1.91. The minimum atomic E-state index is 0.282. The maximum atomic E-state index is 5.92. The third kappa shape index (κ3) is 4.33. The number of pyridine rings is 1. The molecule has 3 aromatic rings. The molecule has 0 saturated carbocycles. The van der Waals surface area contributed by atoms with Gasteiger partial charge in [-0.2, -0.15) is 4.99 Å². The van der Waals surface area contributed by atoms with Gasteiger partial charge in [-0.1, -0.05) is 24.3 Å². The molecule has 3 N–H and O–H groups in total. The van der Waals surface area contributed by atoms with Crippen LogP contribution in [0.1, 0.15) is 5.69 Å². The van der Waals surface area contributed by atoms with Crippen molar-refractivity contribution < 1.29 is 4.74 Å². The molecular weight excluding hydrogens is 300 g/mol. The van der Waals surface area contributed by atoms with Gasteiger partial charge in [-0.05, 0) is 55.5 Å². The molecule has 24 heavy (non-hydrogen) atoms. The largest absolute Gasteiger partial charge is 0.457 e. The molecule has 0 radical (unpaired) electrons. The summed E-state index contributed by atoms with van der Waals surface area (Å²) in [6, 6.07) is 22.7. The smallest absolute Gasteiger partial charge is 0.199 e. The zero-order chi connectivity index (χ0) is 16.8. The van der Waals surface area contributed by atoms with Gasteiger partial charge >= 0.3 is 0 Å². The van der Waals surface area contributed by atoms with E-state index in [-0.39, 0.29) is 5.96 Å². The number of para-hydroxylation sites is 1. The van der Waals surface area contributed by atoms with Gasteiger partial charge in [-0.3, -0.25) is 0 Å². The fourth-order valence-electron chi connectivity index (χ4n) is 2.12. The topological polar surface area (TPSA) is 72.5 Å². The minimum absolute atomic E-state index is 0.282. The maximum Gasteiger partial charge on any atom is 0.199 e. The van der Waals surface area contributed by atoms with Gasteiger partial charge in [0.05, 0.1) is 0 Å². The van der Waals surface area contributed by atoms with Gasteiger partial charge in [0.1, 0.15) is 11.5 Å². The summed E-state index contributed by atoms with van der Waals surface area (Å²) in [7, 11) is 0. The summed E-state index contributed by atoms with van der Waals surface area (Å²) in [4.78, 5) is 8.53. The van der Waals surface area contributed by atoms with Gasteiger partial charge in [-0.15, -0.1) is 0 Å². The Hall–Kier alpha value is -3.34. The Bertz CT molecular complexity index is 830. The van der Waals surface area contributed by atoms with Gasteiger partial charge in [0.15, 0.2) is 11.8 Å². The SMILES string of the molecule is Cc1cccc(N=C(N)Nc2ccc(Oc3ccccc3)cc2)n1. The molecule has 0 saturated heterocycles. The lowest BCUT2D eigenvalue weighted by Gasteiger charge is -2.08. The van der Waals surface area contributed by atoms with Crippen LogP contribution in [0.5, 0.6) is 11.5 Å². The van der Waals surface area contributed by atoms with E-state index < -0.39 is 0 Å². The number of benzene rings is 2. The summed E-state index contributed by atoms with van der Waals surface area (Å²) >= 11 is 0. The van der Waals surface area contributed by atoms with Crippen molar-refractivity contribution in [1.29, 1.82) is 0 Å². The Morgan fingerprint density at radius 3 is 2.33 bits per heavy atom. The van der Waals surface area contributed by atoms with Crippen molar-refractivity contribution in [3.63, 3.8) is 0 Å². The van der Waals surface area contributed by atoms with Gasteiger partial charge in [0.2, 0.25) is 0 Å². The highest BCUT2D eigenvalue weighted by atomic mass is 16.5. The van der Waals surface area contributed by atoms with Crippen LogP contribution in [-0.4, -0.2) is 10.9 Å². The quantitative estimate of drug-likeness (QED) is 0.557. The highest BCUT2D eigenvalue weighted by Crippen LogP contribution is 2.22. The van der Waals surface area contributed by atoms with Crippen LogP contribution in [0, 0.1) is 6.92 Å². The van der Waals surface area contributed by atoms with E-state index in [1.807, 2.05) is 73.7 Å². The van der Waals surface area contributed by atoms with Crippen LogP contribution in [0.2, 0.25) is 0 Å². The second-order valence-corrected chi connectivity index (χ2v) is 5.20. The Morgan fingerprint density at radius 2 is 1.62 bits per heavy atom. The summed E-state index contributed by atoms with van der Waals surface area (Å²) in [5.41, 5.74) is 7.64. The second kappa shape index (κ2) is 7.28. The van der Waals surface area contributed by atoms with Crippen molar-refractivity contribution in [2.45, 2.75) is 6.92 Å². The number of rotatable bonds is 4. The molecular formula is C19H18N4O. The summed E-state index contributed by atoms with van der Waals surface area (Å²) < 4.78 is 5.75. The van der Waals surface area contributed by atoms with E-state index in [9.17, 15) is 0 Å². The average molecular weight is 318 g/mol. The molecule has 1 heterocycles. The lowest BCUT2D eigenvalue weighted by molar-refractivity contribution is 0.483. The Morgan fingerprint density at radius 1 is 0.917 bits per heavy atom. The third-order valence-corrected chi connectivity index (χ3v) is 3.21. The Balaban J connectivity index is 1.65. The van der Waals surface area contributed by atoms with Crippen molar-refractivity contribution >= 4 is 17.5 Å². The first kappa shape index (κ1) is 15.6. The Labute approximate surface area is 140 Å². The molecule has 0 atom stereocenters. The lowest BCUT2D eigenvalue weighted by Crippen LogP contribution is -2.21. The molecule has 0 spiro atoms. The fourth-order valence-corrected chi connectivity index (χ4v) is 2.12. The van der Waals surface area contributed by atoms with E-state index in [1.54, 1.807) is 6.07 Å².